The third-order valence-corrected chi connectivity index (χ3v) is 5.81. The molecule has 0 aliphatic carbocycles. The first kappa shape index (κ1) is 24.7. The summed E-state index contributed by atoms with van der Waals surface area (Å²) in [4.78, 5) is 45.9. The van der Waals surface area contributed by atoms with Gasteiger partial charge in [0.15, 0.2) is 0 Å². The van der Waals surface area contributed by atoms with Gasteiger partial charge < -0.3 is 15.5 Å². The number of anilines is 5. The van der Waals surface area contributed by atoms with E-state index in [0.717, 1.165) is 10.8 Å². The van der Waals surface area contributed by atoms with Gasteiger partial charge in [0.05, 0.1) is 16.9 Å². The molecule has 2 N–H and O–H groups in total. The van der Waals surface area contributed by atoms with Gasteiger partial charge in [-0.15, -0.1) is 12.4 Å². The molecule has 0 bridgehead atoms. The van der Waals surface area contributed by atoms with Crippen LogP contribution in [0.3, 0.4) is 0 Å². The largest absolute Gasteiger partial charge is 0.362 e. The fourth-order valence-electron chi connectivity index (χ4n) is 4.22. The van der Waals surface area contributed by atoms with Gasteiger partial charge in [0.1, 0.15) is 12.2 Å². The highest BCUT2D eigenvalue weighted by molar-refractivity contribution is 6.21. The molecular formula is C27H24ClN5O3. The van der Waals surface area contributed by atoms with E-state index in [-0.39, 0.29) is 36.5 Å². The van der Waals surface area contributed by atoms with Gasteiger partial charge in [-0.05, 0) is 47.9 Å². The molecule has 5 rings (SSSR count). The number of amides is 3. The number of hydrogen-bond donors (Lipinski definition) is 2. The molecular weight excluding hydrogens is 478 g/mol. The fraction of sp³-hybridized carbons (Fsp3) is 0.111. The molecule has 4 aromatic rings. The predicted octanol–water partition coefficient (Wildman–Crippen LogP) is 4.98. The van der Waals surface area contributed by atoms with Gasteiger partial charge in [-0.1, -0.05) is 30.3 Å². The normalized spacial score (nSPS) is 12.8. The second-order valence-corrected chi connectivity index (χ2v) is 8.40. The Morgan fingerprint density at radius 1 is 0.972 bits per heavy atom. The van der Waals surface area contributed by atoms with E-state index in [1.807, 2.05) is 50.5 Å². The highest BCUT2D eigenvalue weighted by Gasteiger charge is 2.28. The zero-order chi connectivity index (χ0) is 24.5. The second-order valence-electron chi connectivity index (χ2n) is 8.40. The molecule has 1 aromatic heterocycles. The average molecular weight is 502 g/mol. The minimum absolute atomic E-state index is 0. The van der Waals surface area contributed by atoms with Gasteiger partial charge >= 0.3 is 0 Å². The average Bonchev–Trinajstić information content (AvgIpc) is 2.99. The number of nitrogens with one attached hydrogen (secondary N) is 2. The van der Waals surface area contributed by atoms with Gasteiger partial charge in [-0.25, -0.2) is 4.98 Å². The number of pyridine rings is 1. The summed E-state index contributed by atoms with van der Waals surface area (Å²) in [6.07, 6.45) is 1.37. The molecule has 0 fully saturated rings. The Bertz CT molecular complexity index is 1470. The first-order chi connectivity index (χ1) is 16.9. The molecule has 182 valence electrons. The Morgan fingerprint density at radius 2 is 1.72 bits per heavy atom. The number of nitrogens with zero attached hydrogens (tertiary/aromatic N) is 3. The standard InChI is InChI=1S/C27H23N5O3.ClH/c1-31(2)26-21(8-5-15-28-26)27(35)29-18-10-12-19(13-11-18)32-22-14-9-17-6-3-4-7-20(17)25(22)30-23(33)16-24(32)34;/h3-15H,16H2,1-2H3,(H,29,35)(H,30,33);1H. The monoisotopic (exact) mass is 501 g/mol. The Balaban J connectivity index is 0.00000304. The lowest BCUT2D eigenvalue weighted by molar-refractivity contribution is -0.124. The molecule has 1 aliphatic rings. The Kier molecular flexibility index (Phi) is 6.89. The molecule has 36 heavy (non-hydrogen) atoms. The molecule has 0 saturated heterocycles. The highest BCUT2D eigenvalue weighted by Crippen LogP contribution is 2.40. The number of aromatic nitrogens is 1. The quantitative estimate of drug-likeness (QED) is 0.384. The van der Waals surface area contributed by atoms with Gasteiger partial charge in [0.2, 0.25) is 11.8 Å². The topological polar surface area (TPSA) is 94.6 Å². The maximum Gasteiger partial charge on any atom is 0.259 e. The van der Waals surface area contributed by atoms with Crippen LogP contribution in [0.1, 0.15) is 16.8 Å². The number of benzene rings is 3. The van der Waals surface area contributed by atoms with Crippen molar-refractivity contribution in [3.8, 4) is 0 Å². The number of fused-ring (bicyclic) bond motifs is 3. The lowest BCUT2D eigenvalue weighted by Crippen LogP contribution is -2.26. The van der Waals surface area contributed by atoms with Gasteiger partial charge in [-0.3, -0.25) is 19.3 Å². The Hall–Kier alpha value is -4.43. The molecule has 0 saturated carbocycles. The zero-order valence-corrected chi connectivity index (χ0v) is 20.5. The number of carbonyl (C=O) groups is 3. The second kappa shape index (κ2) is 10.1. The van der Waals surface area contributed by atoms with Crippen LogP contribution < -0.4 is 20.4 Å². The molecule has 2 heterocycles. The van der Waals surface area contributed by atoms with E-state index in [2.05, 4.69) is 15.6 Å². The van der Waals surface area contributed by atoms with Crippen LogP contribution in [0.2, 0.25) is 0 Å². The van der Waals surface area contributed by atoms with Gasteiger partial charge in [-0.2, -0.15) is 0 Å². The van der Waals surface area contributed by atoms with E-state index in [4.69, 9.17) is 0 Å². The Morgan fingerprint density at radius 3 is 2.47 bits per heavy atom. The molecule has 0 radical (unpaired) electrons. The molecule has 0 atom stereocenters. The minimum atomic E-state index is -0.354. The van der Waals surface area contributed by atoms with Crippen LogP contribution in [0.15, 0.2) is 79.0 Å². The van der Waals surface area contributed by atoms with Crippen molar-refractivity contribution < 1.29 is 14.4 Å². The van der Waals surface area contributed by atoms with Crippen LogP contribution in [0.5, 0.6) is 0 Å². The molecule has 0 spiro atoms. The molecule has 3 aromatic carbocycles. The lowest BCUT2D eigenvalue weighted by Gasteiger charge is -2.23. The van der Waals surface area contributed by atoms with Crippen LogP contribution >= 0.6 is 12.4 Å². The molecule has 0 unspecified atom stereocenters. The maximum atomic E-state index is 13.1. The summed E-state index contributed by atoms with van der Waals surface area (Å²) in [5.41, 5.74) is 2.82. The summed E-state index contributed by atoms with van der Waals surface area (Å²) >= 11 is 0. The number of carbonyl (C=O) groups excluding carboxylic acids is 3. The zero-order valence-electron chi connectivity index (χ0n) is 19.7. The fourth-order valence-corrected chi connectivity index (χ4v) is 4.22. The molecule has 9 heteroatoms. The van der Waals surface area contributed by atoms with Crippen molar-refractivity contribution in [2.45, 2.75) is 6.42 Å². The van der Waals surface area contributed by atoms with Crippen molar-refractivity contribution >= 4 is 69.5 Å². The first-order valence-corrected chi connectivity index (χ1v) is 11.1. The highest BCUT2D eigenvalue weighted by atomic mass is 35.5. The smallest absolute Gasteiger partial charge is 0.259 e. The van der Waals surface area contributed by atoms with E-state index in [0.29, 0.717) is 34.1 Å². The van der Waals surface area contributed by atoms with Crippen LogP contribution in [-0.4, -0.2) is 36.8 Å². The number of rotatable bonds is 4. The van der Waals surface area contributed by atoms with Crippen LogP contribution in [0.4, 0.5) is 28.6 Å². The summed E-state index contributed by atoms with van der Waals surface area (Å²) in [7, 11) is 3.65. The summed E-state index contributed by atoms with van der Waals surface area (Å²) in [6, 6.07) is 21.8. The van der Waals surface area contributed by atoms with Crippen molar-refractivity contribution in [3.63, 3.8) is 0 Å². The maximum absolute atomic E-state index is 13.1. The number of halogens is 1. The van der Waals surface area contributed by atoms with Crippen LogP contribution in [0, 0.1) is 0 Å². The van der Waals surface area contributed by atoms with Crippen LogP contribution in [-0.2, 0) is 9.59 Å². The predicted molar refractivity (Wildman–Crippen MR) is 145 cm³/mol. The minimum Gasteiger partial charge on any atom is -0.362 e. The van der Waals surface area contributed by atoms with E-state index in [9.17, 15) is 14.4 Å². The summed E-state index contributed by atoms with van der Waals surface area (Å²) in [6.45, 7) is 0. The van der Waals surface area contributed by atoms with Crippen molar-refractivity contribution in [2.75, 3.05) is 34.5 Å². The third-order valence-electron chi connectivity index (χ3n) is 5.81. The van der Waals surface area contributed by atoms with Gasteiger partial charge in [0, 0.05) is 37.1 Å². The molecule has 3 amide bonds. The third kappa shape index (κ3) is 4.58. The van der Waals surface area contributed by atoms with E-state index >= 15 is 0 Å². The van der Waals surface area contributed by atoms with E-state index < -0.39 is 0 Å². The van der Waals surface area contributed by atoms with Crippen molar-refractivity contribution in [3.05, 3.63) is 84.6 Å². The lowest BCUT2D eigenvalue weighted by atomic mass is 10.1. The van der Waals surface area contributed by atoms with Crippen molar-refractivity contribution in [2.24, 2.45) is 0 Å². The first-order valence-electron chi connectivity index (χ1n) is 11.1. The number of hydrogen-bond acceptors (Lipinski definition) is 5. The summed E-state index contributed by atoms with van der Waals surface area (Å²) in [5.74, 6) is -0.406. The summed E-state index contributed by atoms with van der Waals surface area (Å²) < 4.78 is 0. The van der Waals surface area contributed by atoms with Crippen molar-refractivity contribution in [1.82, 2.24) is 4.98 Å². The SMILES string of the molecule is CN(C)c1ncccc1C(=O)Nc1ccc(N2C(=O)CC(=O)Nc3c2ccc2ccccc32)cc1.Cl. The van der Waals surface area contributed by atoms with Crippen molar-refractivity contribution in [1.29, 1.82) is 0 Å². The Labute approximate surface area is 214 Å². The van der Waals surface area contributed by atoms with E-state index in [1.165, 1.54) is 4.90 Å². The summed E-state index contributed by atoms with van der Waals surface area (Å²) in [5, 5.41) is 7.60. The van der Waals surface area contributed by atoms with Gasteiger partial charge in [0.25, 0.3) is 5.91 Å². The molecule has 1 aliphatic heterocycles. The molecule has 8 nitrogen and oxygen atoms in total. The van der Waals surface area contributed by atoms with Crippen LogP contribution in [0.25, 0.3) is 10.8 Å². The van der Waals surface area contributed by atoms with E-state index in [1.54, 1.807) is 47.5 Å².